The average molecular weight is 176 g/mol. The van der Waals surface area contributed by atoms with Gasteiger partial charge in [-0.25, -0.2) is 0 Å². The standard InChI is InChI=1S/C6H8N2.2H2S/c7-5-3-1-2-4-6(5)8;;/h1-4H,7-8H2;2*1H2. The third-order valence-electron chi connectivity index (χ3n) is 1.12. The maximum atomic E-state index is 3.76. The second-order valence-electron chi connectivity index (χ2n) is 1.77. The van der Waals surface area contributed by atoms with Gasteiger partial charge in [-0.15, -0.1) is 0 Å². The Balaban J connectivity index is 0. The van der Waals surface area contributed by atoms with Crippen LogP contribution in [0.3, 0.4) is 0 Å². The zero-order chi connectivity index (χ0) is 5.98. The Morgan fingerprint density at radius 2 is 1.10 bits per heavy atom. The molecule has 0 aromatic heterocycles. The fourth-order valence-corrected chi connectivity index (χ4v) is 0.557. The SMILES string of the molecule is [NH3+]c1ccccc1[NH3+].[SH-].[SH-]. The minimum atomic E-state index is 0. The lowest BCUT2D eigenvalue weighted by Crippen LogP contribution is -2.49. The Labute approximate surface area is 74.5 Å². The summed E-state index contributed by atoms with van der Waals surface area (Å²) in [5, 5.41) is 0. The summed E-state index contributed by atoms with van der Waals surface area (Å²) in [4.78, 5) is 0. The summed E-state index contributed by atoms with van der Waals surface area (Å²) in [5.74, 6) is 0. The molecule has 0 aliphatic rings. The van der Waals surface area contributed by atoms with Gasteiger partial charge in [-0.05, 0) is 0 Å². The smallest absolute Gasteiger partial charge is 0.189 e. The Bertz CT molecular complexity index is 170. The maximum absolute atomic E-state index is 3.76. The van der Waals surface area contributed by atoms with Gasteiger partial charge >= 0.3 is 0 Å². The lowest BCUT2D eigenvalue weighted by molar-refractivity contribution is -0.299. The number of hydrogen-bond acceptors (Lipinski definition) is 2. The molecular formula is C6H12N2S2. The summed E-state index contributed by atoms with van der Waals surface area (Å²) in [6, 6.07) is 7.80. The highest BCUT2D eigenvalue weighted by atomic mass is 32.1. The van der Waals surface area contributed by atoms with Crippen LogP contribution in [0.4, 0.5) is 11.4 Å². The second-order valence-corrected chi connectivity index (χ2v) is 1.77. The van der Waals surface area contributed by atoms with E-state index >= 15 is 0 Å². The fourth-order valence-electron chi connectivity index (χ4n) is 0.557. The molecule has 0 radical (unpaired) electrons. The molecule has 0 bridgehead atoms. The van der Waals surface area contributed by atoms with Gasteiger partial charge in [-0.1, -0.05) is 12.1 Å². The molecule has 4 heteroatoms. The predicted octanol–water partition coefficient (Wildman–Crippen LogP) is -1.11. The summed E-state index contributed by atoms with van der Waals surface area (Å²) in [6.07, 6.45) is 0. The van der Waals surface area contributed by atoms with E-state index in [0.29, 0.717) is 0 Å². The van der Waals surface area contributed by atoms with E-state index in [2.05, 4.69) is 11.5 Å². The Morgan fingerprint density at radius 3 is 1.30 bits per heavy atom. The number of quaternary nitrogens is 2. The van der Waals surface area contributed by atoms with Crippen LogP contribution in [0.2, 0.25) is 0 Å². The van der Waals surface area contributed by atoms with E-state index < -0.39 is 0 Å². The first kappa shape index (κ1) is 12.5. The minimum Gasteiger partial charge on any atom is -0.813 e. The molecule has 0 amide bonds. The summed E-state index contributed by atoms with van der Waals surface area (Å²) in [7, 11) is 0. The first-order valence-corrected chi connectivity index (χ1v) is 2.53. The number of rotatable bonds is 0. The Kier molecular flexibility index (Phi) is 7.02. The van der Waals surface area contributed by atoms with E-state index in [4.69, 9.17) is 0 Å². The molecule has 0 fully saturated rings. The highest BCUT2D eigenvalue weighted by molar-refractivity contribution is 7.37. The van der Waals surface area contributed by atoms with Crippen molar-refractivity contribution in [2.24, 2.45) is 0 Å². The monoisotopic (exact) mass is 176 g/mol. The van der Waals surface area contributed by atoms with Crippen molar-refractivity contribution in [3.63, 3.8) is 0 Å². The summed E-state index contributed by atoms with van der Waals surface area (Å²) in [6.45, 7) is 0. The van der Waals surface area contributed by atoms with Crippen LogP contribution >= 0.6 is 0 Å². The molecule has 0 unspecified atom stereocenters. The lowest BCUT2D eigenvalue weighted by atomic mass is 10.3. The van der Waals surface area contributed by atoms with Crippen LogP contribution in [0.1, 0.15) is 0 Å². The quantitative estimate of drug-likeness (QED) is 0.389. The first-order valence-electron chi connectivity index (χ1n) is 2.53. The molecule has 0 saturated heterocycles. The van der Waals surface area contributed by atoms with Crippen molar-refractivity contribution in [2.75, 3.05) is 0 Å². The van der Waals surface area contributed by atoms with E-state index in [1.807, 2.05) is 24.3 Å². The van der Waals surface area contributed by atoms with Crippen LogP contribution in [0, 0.1) is 0 Å². The molecule has 0 aliphatic heterocycles. The van der Waals surface area contributed by atoms with E-state index in [9.17, 15) is 0 Å². The zero-order valence-corrected chi connectivity index (χ0v) is 7.41. The summed E-state index contributed by atoms with van der Waals surface area (Å²) < 4.78 is 0. The zero-order valence-electron chi connectivity index (χ0n) is 5.62. The first-order chi connectivity index (χ1) is 3.80. The average Bonchev–Trinajstić information content (AvgIpc) is 1.77. The predicted molar refractivity (Wildman–Crippen MR) is 49.1 cm³/mol. The largest absolute Gasteiger partial charge is 0.813 e. The van der Waals surface area contributed by atoms with Crippen molar-refractivity contribution in [1.82, 2.24) is 0 Å². The van der Waals surface area contributed by atoms with Gasteiger partial charge in [0.1, 0.15) is 0 Å². The molecule has 1 aromatic carbocycles. The van der Waals surface area contributed by atoms with Gasteiger partial charge in [0.2, 0.25) is 0 Å². The van der Waals surface area contributed by atoms with Crippen molar-refractivity contribution in [1.29, 1.82) is 0 Å². The fraction of sp³-hybridized carbons (Fsp3) is 0. The van der Waals surface area contributed by atoms with E-state index in [1.54, 1.807) is 0 Å². The molecule has 0 heterocycles. The number of hydrogen-bond donors (Lipinski definition) is 2. The second kappa shape index (κ2) is 5.61. The van der Waals surface area contributed by atoms with E-state index in [1.165, 1.54) is 0 Å². The molecule has 58 valence electrons. The summed E-state index contributed by atoms with van der Waals surface area (Å²) in [5.41, 5.74) is 9.53. The molecule has 0 saturated carbocycles. The van der Waals surface area contributed by atoms with Crippen LogP contribution in [0.15, 0.2) is 24.3 Å². The minimum absolute atomic E-state index is 0. The van der Waals surface area contributed by atoms with Crippen molar-refractivity contribution < 1.29 is 11.5 Å². The molecule has 1 rings (SSSR count). The molecule has 0 atom stereocenters. The van der Waals surface area contributed by atoms with Crippen LogP contribution in [0.5, 0.6) is 0 Å². The van der Waals surface area contributed by atoms with Crippen LogP contribution in [-0.2, 0) is 27.0 Å². The normalized spacial score (nSPS) is 7.40. The molecular weight excluding hydrogens is 164 g/mol. The van der Waals surface area contributed by atoms with Gasteiger partial charge in [-0.3, -0.25) is 0 Å². The van der Waals surface area contributed by atoms with Gasteiger partial charge in [0.25, 0.3) is 0 Å². The van der Waals surface area contributed by atoms with Gasteiger partial charge in [0.15, 0.2) is 11.4 Å². The number of thiol groups is 2. The molecule has 0 aliphatic carbocycles. The summed E-state index contributed by atoms with van der Waals surface area (Å²) >= 11 is 0. The third kappa shape index (κ3) is 3.12. The van der Waals surface area contributed by atoms with Crippen LogP contribution in [-0.4, -0.2) is 0 Å². The van der Waals surface area contributed by atoms with Gasteiger partial charge in [-0.2, -0.15) is 0 Å². The van der Waals surface area contributed by atoms with Crippen molar-refractivity contribution in [3.8, 4) is 0 Å². The van der Waals surface area contributed by atoms with E-state index in [0.717, 1.165) is 11.4 Å². The maximum Gasteiger partial charge on any atom is 0.189 e. The molecule has 0 spiro atoms. The lowest BCUT2D eigenvalue weighted by Gasteiger charge is -1.85. The number of benzene rings is 1. The van der Waals surface area contributed by atoms with Crippen LogP contribution < -0.4 is 11.5 Å². The van der Waals surface area contributed by atoms with Gasteiger partial charge in [0, 0.05) is 12.1 Å². The van der Waals surface area contributed by atoms with Crippen LogP contribution in [0.25, 0.3) is 0 Å². The van der Waals surface area contributed by atoms with Crippen molar-refractivity contribution >= 4 is 38.4 Å². The highest BCUT2D eigenvalue weighted by Crippen LogP contribution is 2.05. The Hall–Kier alpha value is -0.160. The van der Waals surface area contributed by atoms with Crippen molar-refractivity contribution in [2.45, 2.75) is 0 Å². The van der Waals surface area contributed by atoms with Gasteiger partial charge in [0.05, 0.1) is 0 Å². The highest BCUT2D eigenvalue weighted by Gasteiger charge is 1.94. The molecule has 1 aromatic rings. The van der Waals surface area contributed by atoms with Crippen molar-refractivity contribution in [3.05, 3.63) is 24.3 Å². The molecule has 10 heavy (non-hydrogen) atoms. The van der Waals surface area contributed by atoms with E-state index in [-0.39, 0.29) is 27.0 Å². The molecule has 6 N–H and O–H groups in total. The Morgan fingerprint density at radius 1 is 0.800 bits per heavy atom. The van der Waals surface area contributed by atoms with Gasteiger partial charge < -0.3 is 38.5 Å². The molecule has 2 nitrogen and oxygen atoms in total. The third-order valence-corrected chi connectivity index (χ3v) is 1.12. The topological polar surface area (TPSA) is 55.3 Å².